The molecular formula is C3H13CuIO3P. The SMILES string of the molecule is C[PH](O)(O)O.[CH3][Cu][CH3].[I]. The maximum atomic E-state index is 7.77. The van der Waals surface area contributed by atoms with Crippen LogP contribution in [0.25, 0.3) is 0 Å². The van der Waals surface area contributed by atoms with Gasteiger partial charge < -0.3 is 0 Å². The van der Waals surface area contributed by atoms with Crippen molar-refractivity contribution in [3.05, 3.63) is 0 Å². The smallest absolute Gasteiger partial charge is 0 e. The van der Waals surface area contributed by atoms with Crippen molar-refractivity contribution in [1.29, 1.82) is 0 Å². The van der Waals surface area contributed by atoms with Gasteiger partial charge in [0.25, 0.3) is 0 Å². The molecule has 0 fully saturated rings. The molecule has 0 unspecified atom stereocenters. The van der Waals surface area contributed by atoms with Crippen LogP contribution in [0.3, 0.4) is 0 Å². The summed E-state index contributed by atoms with van der Waals surface area (Å²) in [5.41, 5.74) is 0. The Kier molecular flexibility index (Phi) is 17.9. The molecule has 0 aromatic heterocycles. The summed E-state index contributed by atoms with van der Waals surface area (Å²) in [5.74, 6) is 4.06. The molecule has 66 valence electrons. The molecular weight excluding hydrogens is 305 g/mol. The van der Waals surface area contributed by atoms with Gasteiger partial charge in [-0.2, -0.15) is 0 Å². The van der Waals surface area contributed by atoms with Crippen molar-refractivity contribution in [2.45, 2.75) is 11.6 Å². The van der Waals surface area contributed by atoms with Crippen LogP contribution in [0.5, 0.6) is 0 Å². The van der Waals surface area contributed by atoms with Gasteiger partial charge >= 0.3 is 55.9 Å². The topological polar surface area (TPSA) is 60.7 Å². The van der Waals surface area contributed by atoms with Crippen LogP contribution in [0.15, 0.2) is 0 Å². The van der Waals surface area contributed by atoms with Crippen molar-refractivity contribution < 1.29 is 29.6 Å². The van der Waals surface area contributed by atoms with Crippen molar-refractivity contribution in [2.24, 2.45) is 0 Å². The molecule has 1 radical (unpaired) electrons. The number of halogens is 1. The van der Waals surface area contributed by atoms with Crippen LogP contribution >= 0.6 is 31.9 Å². The van der Waals surface area contributed by atoms with Crippen LogP contribution < -0.4 is 0 Å². The Morgan fingerprint density at radius 1 is 1.11 bits per heavy atom. The number of hydrogen-bond acceptors (Lipinski definition) is 3. The van der Waals surface area contributed by atoms with Crippen molar-refractivity contribution in [3.63, 3.8) is 0 Å². The molecule has 3 N–H and O–H groups in total. The van der Waals surface area contributed by atoms with Gasteiger partial charge in [0.1, 0.15) is 0 Å². The quantitative estimate of drug-likeness (QED) is 0.357. The average Bonchev–Trinajstić information content (AvgIpc) is 1.27. The first-order chi connectivity index (χ1) is 3.41. The molecule has 0 aliphatic heterocycles. The third-order valence-electron chi connectivity index (χ3n) is 0. The van der Waals surface area contributed by atoms with Crippen LogP contribution in [0, 0.1) is 0 Å². The molecule has 0 aliphatic rings. The van der Waals surface area contributed by atoms with Crippen molar-refractivity contribution in [3.8, 4) is 0 Å². The van der Waals surface area contributed by atoms with Gasteiger partial charge in [0.05, 0.1) is 0 Å². The minimum Gasteiger partial charge on any atom is 0 e. The molecule has 0 saturated carbocycles. The Morgan fingerprint density at radius 3 is 1.11 bits per heavy atom. The van der Waals surface area contributed by atoms with Crippen LogP contribution in [-0.4, -0.2) is 21.3 Å². The van der Waals surface area contributed by atoms with Crippen molar-refractivity contribution >= 4 is 31.9 Å². The zero-order valence-corrected chi connectivity index (χ0v) is 9.62. The summed E-state index contributed by atoms with van der Waals surface area (Å²) in [5, 5.41) is 0. The fourth-order valence-electron chi connectivity index (χ4n) is 0. The summed E-state index contributed by atoms with van der Waals surface area (Å²) in [6.45, 7) is 0.993. The van der Waals surface area contributed by atoms with E-state index >= 15 is 0 Å². The third kappa shape index (κ3) is 225. The second-order valence-electron chi connectivity index (χ2n) is 1.27. The van der Waals surface area contributed by atoms with Gasteiger partial charge in [0.2, 0.25) is 0 Å². The standard InChI is InChI=1S/CH7O3P.2CH3.Cu.I/c1-5(2,3)4;;;;/h2-5H,1H3;2*1H3;;. The Labute approximate surface area is 79.6 Å². The fraction of sp³-hybridized carbons (Fsp3) is 1.00. The van der Waals surface area contributed by atoms with E-state index in [1.807, 2.05) is 26.6 Å². The molecule has 3 nitrogen and oxygen atoms in total. The first-order valence-electron chi connectivity index (χ1n) is 1.77. The summed E-state index contributed by atoms with van der Waals surface area (Å²) in [7, 11) is -3.61. The maximum Gasteiger partial charge on any atom is 0 e. The van der Waals surface area contributed by atoms with Gasteiger partial charge in [-0.1, -0.05) is 0 Å². The maximum absolute atomic E-state index is 7.77. The molecule has 6 heteroatoms. The van der Waals surface area contributed by atoms with Gasteiger partial charge in [-0.05, 0) is 0 Å². The molecule has 0 atom stereocenters. The van der Waals surface area contributed by atoms with Gasteiger partial charge in [0.15, 0.2) is 0 Å². The summed E-state index contributed by atoms with van der Waals surface area (Å²) >= 11 is 1.81. The van der Waals surface area contributed by atoms with Gasteiger partial charge in [-0.25, -0.2) is 0 Å². The summed E-state index contributed by atoms with van der Waals surface area (Å²) in [4.78, 5) is 23.3. The zero-order valence-electron chi connectivity index (χ0n) is 5.52. The molecule has 0 amide bonds. The van der Waals surface area contributed by atoms with Crippen LogP contribution in [0.4, 0.5) is 0 Å². The second kappa shape index (κ2) is 9.56. The molecule has 0 saturated heterocycles. The summed E-state index contributed by atoms with van der Waals surface area (Å²) < 4.78 is 0. The van der Waals surface area contributed by atoms with E-state index in [2.05, 4.69) is 0 Å². The molecule has 0 aliphatic carbocycles. The van der Waals surface area contributed by atoms with Gasteiger partial charge in [-0.15, -0.1) is 0 Å². The summed E-state index contributed by atoms with van der Waals surface area (Å²) in [6, 6.07) is 0. The molecule has 0 aromatic rings. The Hall–Kier alpha value is 1.56. The van der Waals surface area contributed by atoms with E-state index < -0.39 is 7.94 Å². The van der Waals surface area contributed by atoms with E-state index in [0.717, 1.165) is 6.66 Å². The van der Waals surface area contributed by atoms with E-state index in [1.165, 1.54) is 0 Å². The van der Waals surface area contributed by atoms with Crippen LogP contribution in [0.2, 0.25) is 11.6 Å². The largest absolute Gasteiger partial charge is 0 e. The average molecular weight is 319 g/mol. The Bertz CT molecular complexity index is 42.8. The first-order valence-corrected chi connectivity index (χ1v) is 6.00. The fourth-order valence-corrected chi connectivity index (χ4v) is 0. The molecule has 0 heterocycles. The van der Waals surface area contributed by atoms with Gasteiger partial charge in [0, 0.05) is 24.0 Å². The van der Waals surface area contributed by atoms with E-state index in [9.17, 15) is 0 Å². The first kappa shape index (κ1) is 16.9. The molecule has 9 heavy (non-hydrogen) atoms. The molecule has 0 rings (SSSR count). The molecule has 0 bridgehead atoms. The van der Waals surface area contributed by atoms with E-state index in [0.29, 0.717) is 0 Å². The van der Waals surface area contributed by atoms with E-state index in [-0.39, 0.29) is 24.0 Å². The predicted octanol–water partition coefficient (Wildman–Crippen LogP) is 1.14. The minimum atomic E-state index is -3.61. The molecule has 0 spiro atoms. The summed E-state index contributed by atoms with van der Waals surface area (Å²) in [6.07, 6.45) is 0. The van der Waals surface area contributed by atoms with Crippen LogP contribution in [-0.2, 0) is 15.0 Å². The third-order valence-corrected chi connectivity index (χ3v) is 0. The number of hydrogen-bond donors (Lipinski definition) is 3. The van der Waals surface area contributed by atoms with Crippen LogP contribution in [0.1, 0.15) is 0 Å². The van der Waals surface area contributed by atoms with Crippen molar-refractivity contribution in [2.75, 3.05) is 6.66 Å². The van der Waals surface area contributed by atoms with E-state index in [1.54, 1.807) is 0 Å². The predicted molar refractivity (Wildman–Crippen MR) is 46.6 cm³/mol. The van der Waals surface area contributed by atoms with Gasteiger partial charge in [-0.3, -0.25) is 0 Å². The number of rotatable bonds is 0. The zero-order chi connectivity index (χ0) is 7.21. The monoisotopic (exact) mass is 318 g/mol. The Morgan fingerprint density at radius 2 is 1.11 bits per heavy atom. The normalized spacial score (nSPS) is 10.9. The Balaban J connectivity index is -0.0000000800. The van der Waals surface area contributed by atoms with Crippen molar-refractivity contribution in [1.82, 2.24) is 0 Å². The minimum absolute atomic E-state index is 0. The second-order valence-corrected chi connectivity index (χ2v) is 4.16. The van der Waals surface area contributed by atoms with E-state index in [4.69, 9.17) is 14.7 Å². The molecule has 0 aromatic carbocycles.